The zero-order chi connectivity index (χ0) is 22.7. The lowest BCUT2D eigenvalue weighted by molar-refractivity contribution is -0.119. The fourth-order valence-electron chi connectivity index (χ4n) is 3.14. The number of benzene rings is 1. The molecule has 9 nitrogen and oxygen atoms in total. The molecule has 11 heteroatoms. The van der Waals surface area contributed by atoms with Gasteiger partial charge in [0.05, 0.1) is 36.5 Å². The van der Waals surface area contributed by atoms with Crippen LogP contribution in [0.5, 0.6) is 0 Å². The van der Waals surface area contributed by atoms with E-state index in [4.69, 9.17) is 9.47 Å². The number of ether oxygens (including phenoxy) is 2. The molecule has 1 saturated heterocycles. The number of rotatable bonds is 7. The van der Waals surface area contributed by atoms with Gasteiger partial charge in [-0.2, -0.15) is 0 Å². The molecular weight excluding hydrogens is 439 g/mol. The van der Waals surface area contributed by atoms with Gasteiger partial charge in [-0.3, -0.25) is 9.69 Å². The van der Waals surface area contributed by atoms with Gasteiger partial charge in [-0.1, -0.05) is 6.07 Å². The molecule has 1 aromatic carbocycles. The smallest absolute Gasteiger partial charge is 0.414 e. The summed E-state index contributed by atoms with van der Waals surface area (Å²) in [4.78, 5) is 41.0. The number of anilines is 1. The maximum absolute atomic E-state index is 14.8. The molecule has 1 unspecified atom stereocenters. The van der Waals surface area contributed by atoms with Gasteiger partial charge in [0.15, 0.2) is 0 Å². The standard InChI is InChI=1S/C21H19FN4O5S/c1-13(27)23-8-16-10-26(21(29)31-16)15-4-5-18(17(22)7-15)25-9-14(24-12-25)11-30-20(28)19-3-2-6-32-19/h2-7,9,12,16H,8,10-11H2,1H3,(H,23,27). The lowest BCUT2D eigenvalue weighted by Crippen LogP contribution is -2.33. The van der Waals surface area contributed by atoms with Crippen LogP contribution in [-0.4, -0.2) is 46.7 Å². The summed E-state index contributed by atoms with van der Waals surface area (Å²) >= 11 is 1.28. The van der Waals surface area contributed by atoms with Gasteiger partial charge in [-0.05, 0) is 29.6 Å². The van der Waals surface area contributed by atoms with E-state index in [2.05, 4.69) is 10.3 Å². The monoisotopic (exact) mass is 458 g/mol. The van der Waals surface area contributed by atoms with E-state index in [9.17, 15) is 18.8 Å². The van der Waals surface area contributed by atoms with Crippen molar-refractivity contribution >= 4 is 35.0 Å². The minimum absolute atomic E-state index is 0.0429. The average Bonchev–Trinajstić information content (AvgIpc) is 3.51. The normalized spacial score (nSPS) is 15.5. The molecule has 166 valence electrons. The van der Waals surface area contributed by atoms with Crippen LogP contribution >= 0.6 is 11.3 Å². The second kappa shape index (κ2) is 9.18. The molecular formula is C21H19FN4O5S. The second-order valence-corrected chi connectivity index (χ2v) is 7.96. The quantitative estimate of drug-likeness (QED) is 0.546. The number of aromatic nitrogens is 2. The van der Waals surface area contributed by atoms with Crippen LogP contribution in [0.3, 0.4) is 0 Å². The Kier molecular flexibility index (Phi) is 6.17. The number of thiophene rings is 1. The van der Waals surface area contributed by atoms with Gasteiger partial charge in [-0.25, -0.2) is 19.0 Å². The first kappa shape index (κ1) is 21.5. The number of hydrogen-bond acceptors (Lipinski definition) is 7. The van der Waals surface area contributed by atoms with Crippen LogP contribution in [0.1, 0.15) is 22.3 Å². The van der Waals surface area contributed by atoms with Gasteiger partial charge >= 0.3 is 12.1 Å². The molecule has 1 aliphatic rings. The number of carbonyl (C=O) groups excluding carboxylic acids is 3. The van der Waals surface area contributed by atoms with Crippen molar-refractivity contribution < 1.29 is 28.2 Å². The fraction of sp³-hybridized carbons (Fsp3) is 0.238. The van der Waals surface area contributed by atoms with Crippen LogP contribution in [0.15, 0.2) is 48.2 Å². The van der Waals surface area contributed by atoms with Gasteiger partial charge in [-0.15, -0.1) is 11.3 Å². The minimum Gasteiger partial charge on any atom is -0.455 e. The Morgan fingerprint density at radius 1 is 1.38 bits per heavy atom. The van der Waals surface area contributed by atoms with Crippen molar-refractivity contribution in [2.45, 2.75) is 19.6 Å². The summed E-state index contributed by atoms with van der Waals surface area (Å²) < 4.78 is 26.7. The Balaban J connectivity index is 1.41. The predicted molar refractivity (Wildman–Crippen MR) is 113 cm³/mol. The lowest BCUT2D eigenvalue weighted by atomic mass is 10.2. The van der Waals surface area contributed by atoms with Gasteiger partial charge in [0.25, 0.3) is 0 Å². The number of amides is 2. The molecule has 0 bridgehead atoms. The maximum atomic E-state index is 14.8. The average molecular weight is 458 g/mol. The number of nitrogens with one attached hydrogen (secondary N) is 1. The molecule has 4 rings (SSSR count). The van der Waals surface area contributed by atoms with E-state index < -0.39 is 24.0 Å². The van der Waals surface area contributed by atoms with E-state index in [0.29, 0.717) is 16.3 Å². The van der Waals surface area contributed by atoms with E-state index in [1.165, 1.54) is 46.2 Å². The molecule has 0 saturated carbocycles. The number of halogens is 1. The van der Waals surface area contributed by atoms with Gasteiger partial charge in [0.1, 0.15) is 23.4 Å². The van der Waals surface area contributed by atoms with E-state index in [1.54, 1.807) is 29.8 Å². The Morgan fingerprint density at radius 2 is 2.22 bits per heavy atom. The second-order valence-electron chi connectivity index (χ2n) is 7.01. The van der Waals surface area contributed by atoms with Crippen molar-refractivity contribution in [3.63, 3.8) is 0 Å². The van der Waals surface area contributed by atoms with E-state index in [0.717, 1.165) is 0 Å². The molecule has 3 aromatic rings. The largest absolute Gasteiger partial charge is 0.455 e. The number of nitrogens with zero attached hydrogens (tertiary/aromatic N) is 3. The topological polar surface area (TPSA) is 103 Å². The number of esters is 1. The van der Waals surface area contributed by atoms with E-state index in [1.807, 2.05) is 0 Å². The summed E-state index contributed by atoms with van der Waals surface area (Å²) in [6.45, 7) is 1.71. The molecule has 32 heavy (non-hydrogen) atoms. The van der Waals surface area contributed by atoms with Gasteiger partial charge < -0.3 is 19.4 Å². The maximum Gasteiger partial charge on any atom is 0.414 e. The number of hydrogen-bond donors (Lipinski definition) is 1. The van der Waals surface area contributed by atoms with E-state index >= 15 is 0 Å². The molecule has 3 heterocycles. The Labute approximate surface area is 186 Å². The van der Waals surface area contributed by atoms with Crippen molar-refractivity contribution in [2.75, 3.05) is 18.0 Å². The third-order valence-corrected chi connectivity index (χ3v) is 5.53. The van der Waals surface area contributed by atoms with E-state index in [-0.39, 0.29) is 31.3 Å². The summed E-state index contributed by atoms with van der Waals surface area (Å²) in [5.74, 6) is -1.24. The Morgan fingerprint density at radius 3 is 2.94 bits per heavy atom. The summed E-state index contributed by atoms with van der Waals surface area (Å²) in [5, 5.41) is 4.37. The van der Waals surface area contributed by atoms with Crippen LogP contribution in [-0.2, 0) is 20.9 Å². The van der Waals surface area contributed by atoms with Crippen molar-refractivity contribution in [1.29, 1.82) is 0 Å². The van der Waals surface area contributed by atoms with Crippen LogP contribution in [0.2, 0.25) is 0 Å². The predicted octanol–water partition coefficient (Wildman–Crippen LogP) is 2.89. The molecule has 1 N–H and O–H groups in total. The van der Waals surface area contributed by atoms with Crippen LogP contribution in [0, 0.1) is 5.82 Å². The van der Waals surface area contributed by atoms with Gasteiger partial charge in [0, 0.05) is 13.1 Å². The molecule has 1 aliphatic heterocycles. The van der Waals surface area contributed by atoms with Crippen LogP contribution in [0.4, 0.5) is 14.9 Å². The highest BCUT2D eigenvalue weighted by molar-refractivity contribution is 7.11. The van der Waals surface area contributed by atoms with Crippen LogP contribution in [0.25, 0.3) is 5.69 Å². The minimum atomic E-state index is -0.607. The van der Waals surface area contributed by atoms with Gasteiger partial charge in [0.2, 0.25) is 5.91 Å². The highest BCUT2D eigenvalue weighted by atomic mass is 32.1. The highest BCUT2D eigenvalue weighted by Gasteiger charge is 2.32. The first-order valence-electron chi connectivity index (χ1n) is 9.66. The molecule has 0 radical (unpaired) electrons. The molecule has 2 amide bonds. The molecule has 0 aliphatic carbocycles. The Bertz CT molecular complexity index is 1150. The summed E-state index contributed by atoms with van der Waals surface area (Å²) in [7, 11) is 0. The number of imidazole rings is 1. The highest BCUT2D eigenvalue weighted by Crippen LogP contribution is 2.25. The van der Waals surface area contributed by atoms with Crippen LogP contribution < -0.4 is 10.2 Å². The van der Waals surface area contributed by atoms with Crippen molar-refractivity contribution in [3.05, 3.63) is 64.6 Å². The fourth-order valence-corrected chi connectivity index (χ4v) is 3.76. The third kappa shape index (κ3) is 4.78. The zero-order valence-corrected chi connectivity index (χ0v) is 17.8. The number of cyclic esters (lactones) is 1. The third-order valence-electron chi connectivity index (χ3n) is 4.68. The first-order valence-corrected chi connectivity index (χ1v) is 10.5. The summed E-state index contributed by atoms with van der Waals surface area (Å²) in [6.07, 6.45) is 1.86. The summed E-state index contributed by atoms with van der Waals surface area (Å²) in [6, 6.07) is 7.77. The van der Waals surface area contributed by atoms with Crippen molar-refractivity contribution in [1.82, 2.24) is 14.9 Å². The first-order chi connectivity index (χ1) is 15.4. The van der Waals surface area contributed by atoms with Crippen molar-refractivity contribution in [3.8, 4) is 5.69 Å². The van der Waals surface area contributed by atoms with Crippen molar-refractivity contribution in [2.24, 2.45) is 0 Å². The number of carbonyl (C=O) groups is 3. The lowest BCUT2D eigenvalue weighted by Gasteiger charge is -2.14. The SMILES string of the molecule is CC(=O)NCC1CN(c2ccc(-n3cnc(COC(=O)c4cccs4)c3)c(F)c2)C(=O)O1. The summed E-state index contributed by atoms with van der Waals surface area (Å²) in [5.41, 5.74) is 1.02. The zero-order valence-electron chi connectivity index (χ0n) is 17.0. The molecule has 0 spiro atoms. The molecule has 2 aromatic heterocycles. The molecule has 1 atom stereocenters. The molecule has 1 fully saturated rings. The Hall–Kier alpha value is -3.73.